The topological polar surface area (TPSA) is 116 Å². The van der Waals surface area contributed by atoms with Gasteiger partial charge in [-0.1, -0.05) is 72.8 Å². The third-order valence-electron chi connectivity index (χ3n) is 5.65. The van der Waals surface area contributed by atoms with Crippen LogP contribution in [0, 0.1) is 0 Å². The van der Waals surface area contributed by atoms with Crippen molar-refractivity contribution in [2.75, 3.05) is 6.61 Å². The fraction of sp³-hybridized carbons (Fsp3) is 0.167. The molecule has 8 heteroatoms. The molecule has 1 atom stereocenters. The van der Waals surface area contributed by atoms with Gasteiger partial charge < -0.3 is 25.2 Å². The van der Waals surface area contributed by atoms with Gasteiger partial charge in [-0.25, -0.2) is 9.59 Å². The summed E-state index contributed by atoms with van der Waals surface area (Å²) in [6, 6.07) is 20.9. The first-order valence-corrected chi connectivity index (χ1v) is 10.2. The SMILES string of the molecule is O=C(NC(Cc1ccc(B(O)O)cc1)C(=O)O)OCC1c2ccccc2-c2ccccc21. The molecule has 7 nitrogen and oxygen atoms in total. The molecule has 4 rings (SSSR count). The second-order valence-corrected chi connectivity index (χ2v) is 7.68. The first kappa shape index (κ1) is 21.6. The standard InChI is InChI=1S/C24H22BNO6/c27-23(28)22(13-15-9-11-16(12-10-15)25(30)31)26-24(29)32-14-21-19-7-3-1-5-17(19)18-6-2-4-8-20(18)21/h1-12,21-22,30-31H,13-14H2,(H,26,29)(H,27,28). The highest BCUT2D eigenvalue weighted by Gasteiger charge is 2.29. The van der Waals surface area contributed by atoms with E-state index in [4.69, 9.17) is 14.8 Å². The smallest absolute Gasteiger partial charge is 0.480 e. The van der Waals surface area contributed by atoms with Crippen molar-refractivity contribution in [1.29, 1.82) is 0 Å². The summed E-state index contributed by atoms with van der Waals surface area (Å²) in [5, 5.41) is 30.3. The summed E-state index contributed by atoms with van der Waals surface area (Å²) in [5.74, 6) is -1.31. The first-order valence-electron chi connectivity index (χ1n) is 10.2. The van der Waals surface area contributed by atoms with Crippen LogP contribution in [0.25, 0.3) is 11.1 Å². The Labute approximate surface area is 185 Å². The van der Waals surface area contributed by atoms with E-state index in [-0.39, 0.29) is 18.9 Å². The molecule has 4 N–H and O–H groups in total. The van der Waals surface area contributed by atoms with Gasteiger partial charge >= 0.3 is 19.2 Å². The van der Waals surface area contributed by atoms with Crippen molar-refractivity contribution in [3.05, 3.63) is 89.5 Å². The molecular formula is C24H22BNO6. The van der Waals surface area contributed by atoms with Crippen molar-refractivity contribution < 1.29 is 29.5 Å². The molecular weight excluding hydrogens is 409 g/mol. The van der Waals surface area contributed by atoms with Gasteiger partial charge in [0, 0.05) is 12.3 Å². The molecule has 1 unspecified atom stereocenters. The number of fused-ring (bicyclic) bond motifs is 3. The van der Waals surface area contributed by atoms with E-state index in [0.717, 1.165) is 22.3 Å². The summed E-state index contributed by atoms with van der Waals surface area (Å²) in [4.78, 5) is 24.1. The molecule has 162 valence electrons. The van der Waals surface area contributed by atoms with Crippen molar-refractivity contribution in [2.45, 2.75) is 18.4 Å². The van der Waals surface area contributed by atoms with Gasteiger partial charge in [0.1, 0.15) is 12.6 Å². The average molecular weight is 431 g/mol. The van der Waals surface area contributed by atoms with E-state index in [1.54, 1.807) is 12.1 Å². The van der Waals surface area contributed by atoms with E-state index in [1.807, 2.05) is 48.5 Å². The van der Waals surface area contributed by atoms with Crippen LogP contribution in [0.1, 0.15) is 22.6 Å². The Morgan fingerprint density at radius 1 is 0.906 bits per heavy atom. The summed E-state index contributed by atoms with van der Waals surface area (Å²) in [6.45, 7) is 0.0925. The number of carboxylic acid groups (broad SMARTS) is 1. The van der Waals surface area contributed by atoms with Gasteiger partial charge in [0.25, 0.3) is 0 Å². The molecule has 0 bridgehead atoms. The maximum absolute atomic E-state index is 12.4. The molecule has 1 aliphatic carbocycles. The molecule has 0 spiro atoms. The van der Waals surface area contributed by atoms with Crippen molar-refractivity contribution in [3.63, 3.8) is 0 Å². The lowest BCUT2D eigenvalue weighted by Gasteiger charge is -2.17. The predicted octanol–water partition coefficient (Wildman–Crippen LogP) is 1.90. The number of aliphatic carboxylic acids is 1. The van der Waals surface area contributed by atoms with Crippen LogP contribution >= 0.6 is 0 Å². The fourth-order valence-corrected chi connectivity index (χ4v) is 4.04. The van der Waals surface area contributed by atoms with Gasteiger partial charge in [0.05, 0.1) is 0 Å². The number of hydrogen-bond donors (Lipinski definition) is 4. The molecule has 0 heterocycles. The summed E-state index contributed by atoms with van der Waals surface area (Å²) in [6.07, 6.45) is -0.775. The van der Waals surface area contributed by atoms with Crippen LogP contribution < -0.4 is 10.8 Å². The minimum absolute atomic E-state index is 0.0291. The predicted molar refractivity (Wildman–Crippen MR) is 120 cm³/mol. The monoisotopic (exact) mass is 431 g/mol. The largest absolute Gasteiger partial charge is 0.488 e. The number of benzene rings is 3. The number of ether oxygens (including phenoxy) is 1. The second-order valence-electron chi connectivity index (χ2n) is 7.68. The summed E-state index contributed by atoms with van der Waals surface area (Å²) in [7, 11) is -1.60. The van der Waals surface area contributed by atoms with Crippen LogP contribution in [0.4, 0.5) is 4.79 Å². The zero-order valence-electron chi connectivity index (χ0n) is 17.1. The van der Waals surface area contributed by atoms with E-state index < -0.39 is 25.2 Å². The lowest BCUT2D eigenvalue weighted by atomic mass is 9.80. The van der Waals surface area contributed by atoms with E-state index in [9.17, 15) is 14.7 Å². The Bertz CT molecular complexity index is 1090. The molecule has 32 heavy (non-hydrogen) atoms. The fourth-order valence-electron chi connectivity index (χ4n) is 4.04. The van der Waals surface area contributed by atoms with E-state index >= 15 is 0 Å². The first-order chi connectivity index (χ1) is 15.4. The van der Waals surface area contributed by atoms with Crippen LogP contribution in [-0.4, -0.2) is 47.0 Å². The van der Waals surface area contributed by atoms with Gasteiger partial charge in [-0.2, -0.15) is 0 Å². The Morgan fingerprint density at radius 3 is 2.00 bits per heavy atom. The minimum atomic E-state index is -1.60. The molecule has 1 amide bonds. The lowest BCUT2D eigenvalue weighted by molar-refractivity contribution is -0.139. The maximum atomic E-state index is 12.4. The molecule has 1 aliphatic rings. The average Bonchev–Trinajstić information content (AvgIpc) is 3.11. The number of amides is 1. The molecule has 0 radical (unpaired) electrons. The number of hydrogen-bond acceptors (Lipinski definition) is 5. The summed E-state index contributed by atoms with van der Waals surface area (Å²) >= 11 is 0. The van der Waals surface area contributed by atoms with Crippen LogP contribution in [-0.2, 0) is 16.0 Å². The number of rotatable bonds is 7. The number of alkyl carbamates (subject to hydrolysis) is 1. The normalized spacial score (nSPS) is 13.1. The highest BCUT2D eigenvalue weighted by atomic mass is 16.5. The molecule has 0 fully saturated rings. The van der Waals surface area contributed by atoms with Crippen molar-refractivity contribution in [3.8, 4) is 11.1 Å². The quantitative estimate of drug-likeness (QED) is 0.425. The molecule has 0 aromatic heterocycles. The van der Waals surface area contributed by atoms with E-state index in [0.29, 0.717) is 11.0 Å². The van der Waals surface area contributed by atoms with Crippen LogP contribution in [0.3, 0.4) is 0 Å². The van der Waals surface area contributed by atoms with Gasteiger partial charge in [-0.15, -0.1) is 0 Å². The zero-order chi connectivity index (χ0) is 22.7. The van der Waals surface area contributed by atoms with E-state index in [2.05, 4.69) is 5.32 Å². The number of nitrogens with one attached hydrogen (secondary N) is 1. The maximum Gasteiger partial charge on any atom is 0.488 e. The van der Waals surface area contributed by atoms with Crippen LogP contribution in [0.5, 0.6) is 0 Å². The molecule has 3 aromatic rings. The molecule has 0 aliphatic heterocycles. The molecule has 0 saturated heterocycles. The Morgan fingerprint density at radius 2 is 1.47 bits per heavy atom. The molecule has 3 aromatic carbocycles. The third kappa shape index (κ3) is 4.51. The van der Waals surface area contributed by atoms with Crippen molar-refractivity contribution in [1.82, 2.24) is 5.32 Å². The Balaban J connectivity index is 1.41. The van der Waals surface area contributed by atoms with Crippen molar-refractivity contribution in [2.24, 2.45) is 0 Å². The van der Waals surface area contributed by atoms with Gasteiger partial charge in [-0.05, 0) is 33.3 Å². The third-order valence-corrected chi connectivity index (χ3v) is 5.65. The second kappa shape index (κ2) is 9.26. The summed E-state index contributed by atoms with van der Waals surface area (Å²) in [5.41, 5.74) is 5.28. The van der Waals surface area contributed by atoms with Crippen molar-refractivity contribution >= 4 is 24.6 Å². The molecule has 0 saturated carbocycles. The van der Waals surface area contributed by atoms with Crippen LogP contribution in [0.2, 0.25) is 0 Å². The minimum Gasteiger partial charge on any atom is -0.480 e. The zero-order valence-corrected chi connectivity index (χ0v) is 17.1. The van der Waals surface area contributed by atoms with E-state index in [1.165, 1.54) is 12.1 Å². The van der Waals surface area contributed by atoms with Gasteiger partial charge in [0.15, 0.2) is 0 Å². The highest BCUT2D eigenvalue weighted by molar-refractivity contribution is 6.58. The highest BCUT2D eigenvalue weighted by Crippen LogP contribution is 2.44. The lowest BCUT2D eigenvalue weighted by Crippen LogP contribution is -2.43. The number of carboxylic acids is 1. The Kier molecular flexibility index (Phi) is 6.25. The number of carbonyl (C=O) groups is 2. The van der Waals surface area contributed by atoms with Crippen LogP contribution in [0.15, 0.2) is 72.8 Å². The van der Waals surface area contributed by atoms with Gasteiger partial charge in [0.2, 0.25) is 0 Å². The summed E-state index contributed by atoms with van der Waals surface area (Å²) < 4.78 is 5.43. The van der Waals surface area contributed by atoms with Gasteiger partial charge in [-0.3, -0.25) is 0 Å². The number of carbonyl (C=O) groups excluding carboxylic acids is 1. The Hall–Kier alpha value is -3.62.